The first-order chi connectivity index (χ1) is 9.29. The average molecular weight is 321 g/mol. The first-order valence-electron chi connectivity index (χ1n) is 7.31. The van der Waals surface area contributed by atoms with E-state index in [4.69, 9.17) is 9.29 Å². The van der Waals surface area contributed by atoms with Gasteiger partial charge < -0.3 is 4.74 Å². The minimum absolute atomic E-state index is 0.0242. The van der Waals surface area contributed by atoms with Crippen LogP contribution >= 0.6 is 0 Å². The van der Waals surface area contributed by atoms with E-state index in [9.17, 15) is 9.00 Å². The topological polar surface area (TPSA) is 75.6 Å². The first-order valence-corrected chi connectivity index (χ1v) is 8.42. The number of esters is 1. The van der Waals surface area contributed by atoms with Crippen molar-refractivity contribution in [2.75, 3.05) is 13.2 Å². The third-order valence-electron chi connectivity index (χ3n) is 3.77. The molecule has 0 fully saturated rings. The van der Waals surface area contributed by atoms with Gasteiger partial charge in [0.15, 0.2) is 0 Å². The highest BCUT2D eigenvalue weighted by Crippen LogP contribution is 2.47. The van der Waals surface area contributed by atoms with E-state index in [1.807, 2.05) is 6.92 Å². The Hall–Kier alpha value is -0.460. The molecule has 0 aliphatic carbocycles. The fraction of sp³-hybridized carbons (Fsp3) is 0.933. The maximum atomic E-state index is 12.5. The molecule has 0 saturated carbocycles. The predicted octanol–water partition coefficient (Wildman–Crippen LogP) is 3.13. The van der Waals surface area contributed by atoms with Gasteiger partial charge in [0.2, 0.25) is 11.3 Å². The fourth-order valence-corrected chi connectivity index (χ4v) is 2.58. The standard InChI is InChI=1S/C15H31NO4S/c1-13(2,3)11-15(7,14(4,5)6)12(17)20-10-8-9-16-21(18)19/h16H,8-11H2,1-7H3,(H,18,19). The van der Waals surface area contributed by atoms with Crippen LogP contribution in [0.5, 0.6) is 0 Å². The number of carbonyl (C=O) groups excluding carboxylic acids is 1. The van der Waals surface area contributed by atoms with Crippen LogP contribution in [-0.2, 0) is 20.8 Å². The Labute approximate surface area is 131 Å². The Balaban J connectivity index is 4.65. The smallest absolute Gasteiger partial charge is 0.312 e. The van der Waals surface area contributed by atoms with Gasteiger partial charge in [-0.2, -0.15) is 0 Å². The lowest BCUT2D eigenvalue weighted by Gasteiger charge is -2.43. The molecule has 2 unspecified atom stereocenters. The Bertz CT molecular complexity index is 371. The Morgan fingerprint density at radius 3 is 2.05 bits per heavy atom. The highest BCUT2D eigenvalue weighted by Gasteiger charge is 2.47. The summed E-state index contributed by atoms with van der Waals surface area (Å²) in [5.41, 5.74) is -0.753. The summed E-state index contributed by atoms with van der Waals surface area (Å²) in [7, 11) is 0. The van der Waals surface area contributed by atoms with Crippen molar-refractivity contribution in [2.45, 2.75) is 61.3 Å². The van der Waals surface area contributed by atoms with E-state index in [-0.39, 0.29) is 23.4 Å². The summed E-state index contributed by atoms with van der Waals surface area (Å²) < 4.78 is 26.8. The number of rotatable bonds is 7. The quantitative estimate of drug-likeness (QED) is 0.429. The molecule has 6 heteroatoms. The Kier molecular flexibility index (Phi) is 7.53. The molecule has 21 heavy (non-hydrogen) atoms. The first kappa shape index (κ1) is 20.5. The Morgan fingerprint density at radius 1 is 1.14 bits per heavy atom. The van der Waals surface area contributed by atoms with Crippen molar-refractivity contribution >= 4 is 17.2 Å². The van der Waals surface area contributed by atoms with Gasteiger partial charge in [0, 0.05) is 6.54 Å². The third kappa shape index (κ3) is 7.38. The summed E-state index contributed by atoms with van der Waals surface area (Å²) in [6.07, 6.45) is 1.25. The van der Waals surface area contributed by atoms with Gasteiger partial charge >= 0.3 is 5.97 Å². The molecule has 0 aromatic carbocycles. The van der Waals surface area contributed by atoms with Crippen molar-refractivity contribution in [3.63, 3.8) is 0 Å². The zero-order chi connectivity index (χ0) is 16.9. The summed E-state index contributed by atoms with van der Waals surface area (Å²) in [4.78, 5) is 12.5. The number of nitrogens with one attached hydrogen (secondary N) is 1. The second-order valence-corrected chi connectivity index (χ2v) is 8.74. The molecule has 5 nitrogen and oxygen atoms in total. The summed E-state index contributed by atoms with van der Waals surface area (Å²) in [5, 5.41) is 0. The van der Waals surface area contributed by atoms with Crippen molar-refractivity contribution in [3.05, 3.63) is 0 Å². The molecule has 2 N–H and O–H groups in total. The van der Waals surface area contributed by atoms with Gasteiger partial charge in [-0.3, -0.25) is 9.35 Å². The molecule has 2 atom stereocenters. The van der Waals surface area contributed by atoms with E-state index in [1.54, 1.807) is 0 Å². The molecule has 0 amide bonds. The highest BCUT2D eigenvalue weighted by molar-refractivity contribution is 7.77. The predicted molar refractivity (Wildman–Crippen MR) is 86.0 cm³/mol. The summed E-state index contributed by atoms with van der Waals surface area (Å²) in [6, 6.07) is 0. The highest BCUT2D eigenvalue weighted by atomic mass is 32.2. The van der Waals surface area contributed by atoms with Crippen LogP contribution in [0.2, 0.25) is 0 Å². The van der Waals surface area contributed by atoms with Crippen molar-refractivity contribution in [2.24, 2.45) is 16.2 Å². The zero-order valence-electron chi connectivity index (χ0n) is 14.4. The lowest BCUT2D eigenvalue weighted by molar-refractivity contribution is -0.164. The van der Waals surface area contributed by atoms with Crippen LogP contribution in [0, 0.1) is 16.2 Å². The van der Waals surface area contributed by atoms with Gasteiger partial charge in [-0.1, -0.05) is 41.5 Å². The molecule has 0 saturated heterocycles. The van der Waals surface area contributed by atoms with Gasteiger partial charge in [-0.25, -0.2) is 8.93 Å². The maximum absolute atomic E-state index is 12.5. The summed E-state index contributed by atoms with van der Waals surface area (Å²) >= 11 is -2.01. The van der Waals surface area contributed by atoms with Crippen LogP contribution in [0.4, 0.5) is 0 Å². The van der Waals surface area contributed by atoms with Crippen LogP contribution in [0.1, 0.15) is 61.3 Å². The van der Waals surface area contributed by atoms with Gasteiger partial charge in [0.05, 0.1) is 12.0 Å². The second-order valence-electron chi connectivity index (χ2n) is 7.95. The minimum atomic E-state index is -2.01. The molecule has 0 aromatic heterocycles. The van der Waals surface area contributed by atoms with E-state index in [0.717, 1.165) is 6.42 Å². The Morgan fingerprint density at radius 2 is 1.67 bits per heavy atom. The molecular formula is C15H31NO4S. The molecule has 0 bridgehead atoms. The molecular weight excluding hydrogens is 290 g/mol. The molecule has 0 spiro atoms. The molecule has 0 rings (SSSR count). The summed E-state index contributed by atoms with van der Waals surface area (Å²) in [5.74, 6) is -0.199. The second kappa shape index (κ2) is 7.70. The zero-order valence-corrected chi connectivity index (χ0v) is 15.2. The molecule has 0 aliphatic heterocycles. The maximum Gasteiger partial charge on any atom is 0.312 e. The van der Waals surface area contributed by atoms with Gasteiger partial charge in [0.25, 0.3) is 0 Å². The number of ether oxygens (including phenoxy) is 1. The van der Waals surface area contributed by atoms with Crippen molar-refractivity contribution in [1.82, 2.24) is 4.72 Å². The minimum Gasteiger partial charge on any atom is -0.465 e. The molecule has 0 heterocycles. The fourth-order valence-electron chi connectivity index (χ4n) is 2.26. The van der Waals surface area contributed by atoms with Crippen LogP contribution in [0.15, 0.2) is 0 Å². The molecule has 0 radical (unpaired) electrons. The summed E-state index contributed by atoms with van der Waals surface area (Å²) in [6.45, 7) is 15.0. The van der Waals surface area contributed by atoms with Crippen LogP contribution in [-0.4, -0.2) is 27.9 Å². The van der Waals surface area contributed by atoms with E-state index in [1.165, 1.54) is 0 Å². The average Bonchev–Trinajstić information content (AvgIpc) is 2.23. The monoisotopic (exact) mass is 321 g/mol. The largest absolute Gasteiger partial charge is 0.465 e. The van der Waals surface area contributed by atoms with Gasteiger partial charge in [-0.15, -0.1) is 0 Å². The van der Waals surface area contributed by atoms with E-state index in [0.29, 0.717) is 13.0 Å². The molecule has 126 valence electrons. The van der Waals surface area contributed by atoms with E-state index in [2.05, 4.69) is 46.3 Å². The van der Waals surface area contributed by atoms with Crippen LogP contribution < -0.4 is 4.72 Å². The third-order valence-corrected chi connectivity index (χ3v) is 4.22. The van der Waals surface area contributed by atoms with E-state index >= 15 is 0 Å². The lowest BCUT2D eigenvalue weighted by atomic mass is 9.61. The number of carbonyl (C=O) groups is 1. The molecule has 0 aromatic rings. The number of hydrogen-bond donors (Lipinski definition) is 2. The van der Waals surface area contributed by atoms with Crippen molar-refractivity contribution in [1.29, 1.82) is 0 Å². The van der Waals surface area contributed by atoms with E-state index < -0.39 is 16.7 Å². The van der Waals surface area contributed by atoms with Crippen molar-refractivity contribution < 1.29 is 18.3 Å². The SMILES string of the molecule is CC(C)(C)CC(C)(C(=O)OCCCNS(=O)O)C(C)(C)C. The van der Waals surface area contributed by atoms with Crippen LogP contribution in [0.25, 0.3) is 0 Å². The van der Waals surface area contributed by atoms with Gasteiger partial charge in [0.1, 0.15) is 0 Å². The van der Waals surface area contributed by atoms with Crippen LogP contribution in [0.3, 0.4) is 0 Å². The number of hydrogen-bond acceptors (Lipinski definition) is 3. The normalized spacial score (nSPS) is 17.1. The van der Waals surface area contributed by atoms with Crippen molar-refractivity contribution in [3.8, 4) is 0 Å². The van der Waals surface area contributed by atoms with Gasteiger partial charge in [-0.05, 0) is 30.6 Å². The lowest BCUT2D eigenvalue weighted by Crippen LogP contribution is -2.44. The molecule has 0 aliphatic rings.